The predicted octanol–water partition coefficient (Wildman–Crippen LogP) is 3.50. The van der Waals surface area contributed by atoms with Gasteiger partial charge in [-0.25, -0.2) is 0 Å². The number of piperidine rings is 1. The minimum absolute atomic E-state index is 0.668. The highest BCUT2D eigenvalue weighted by Gasteiger charge is 2.19. The molecule has 0 radical (unpaired) electrons. The molecule has 1 aromatic carbocycles. The van der Waals surface area contributed by atoms with Gasteiger partial charge in [-0.15, -0.1) is 0 Å². The Balaban J connectivity index is 0.000000686. The summed E-state index contributed by atoms with van der Waals surface area (Å²) in [6.45, 7) is 8.37. The summed E-state index contributed by atoms with van der Waals surface area (Å²) in [5, 5.41) is 3.40. The fourth-order valence-corrected chi connectivity index (χ4v) is 2.41. The van der Waals surface area contributed by atoms with Gasteiger partial charge >= 0.3 is 0 Å². The van der Waals surface area contributed by atoms with E-state index in [2.05, 4.69) is 30.4 Å². The first kappa shape index (κ1) is 14.0. The first-order valence-corrected chi connectivity index (χ1v) is 6.67. The van der Waals surface area contributed by atoms with Crippen LogP contribution in [0.2, 0.25) is 0 Å². The van der Waals surface area contributed by atoms with E-state index in [9.17, 15) is 0 Å². The van der Waals surface area contributed by atoms with Crippen LogP contribution in [0.4, 0.5) is 0 Å². The Morgan fingerprint density at radius 1 is 1.18 bits per heavy atom. The van der Waals surface area contributed by atoms with E-state index in [1.165, 1.54) is 24.0 Å². The monoisotopic (exact) mass is 235 g/mol. The van der Waals surface area contributed by atoms with E-state index in [0.717, 1.165) is 18.8 Å². The van der Waals surface area contributed by atoms with Crippen molar-refractivity contribution in [1.29, 1.82) is 0 Å². The van der Waals surface area contributed by atoms with Crippen molar-refractivity contribution in [3.8, 4) is 5.75 Å². The molecule has 2 heteroatoms. The van der Waals surface area contributed by atoms with E-state index in [-0.39, 0.29) is 0 Å². The molecule has 0 amide bonds. The van der Waals surface area contributed by atoms with E-state index < -0.39 is 0 Å². The number of hydrogen-bond acceptors (Lipinski definition) is 2. The molecule has 0 saturated carbocycles. The van der Waals surface area contributed by atoms with Crippen LogP contribution in [0.1, 0.15) is 43.7 Å². The molecule has 1 fully saturated rings. The number of aryl methyl sites for hydroxylation is 1. The van der Waals surface area contributed by atoms with E-state index in [0.29, 0.717) is 5.92 Å². The highest BCUT2D eigenvalue weighted by molar-refractivity contribution is 5.43. The zero-order chi connectivity index (χ0) is 12.7. The van der Waals surface area contributed by atoms with Crippen LogP contribution in [-0.2, 0) is 0 Å². The highest BCUT2D eigenvalue weighted by Crippen LogP contribution is 2.34. The van der Waals surface area contributed by atoms with Gasteiger partial charge in [0.2, 0.25) is 0 Å². The Bertz CT molecular complexity index is 330. The maximum atomic E-state index is 5.51. The third kappa shape index (κ3) is 3.47. The lowest BCUT2D eigenvalue weighted by Crippen LogP contribution is -2.26. The summed E-state index contributed by atoms with van der Waals surface area (Å²) in [6, 6.07) is 6.46. The number of methoxy groups -OCH3 is 1. The fraction of sp³-hybridized carbons (Fsp3) is 0.600. The first-order chi connectivity index (χ1) is 8.33. The summed E-state index contributed by atoms with van der Waals surface area (Å²) < 4.78 is 5.51. The van der Waals surface area contributed by atoms with E-state index in [1.807, 2.05) is 13.8 Å². The topological polar surface area (TPSA) is 21.3 Å². The van der Waals surface area contributed by atoms with E-state index in [4.69, 9.17) is 4.74 Å². The number of hydrogen-bond donors (Lipinski definition) is 1. The van der Waals surface area contributed by atoms with Crippen LogP contribution in [0.15, 0.2) is 18.2 Å². The Hall–Kier alpha value is -1.02. The molecule has 1 aromatic rings. The standard InChI is InChI=1S/C13H19NO.C2H6/c1-10-4-3-5-12(13(10)15-2)11-6-8-14-9-7-11;1-2/h3-5,11,14H,6-9H2,1-2H3;1-2H3. The molecule has 1 N–H and O–H groups in total. The normalized spacial score (nSPS) is 16.0. The average molecular weight is 235 g/mol. The van der Waals surface area contributed by atoms with Crippen molar-refractivity contribution in [3.63, 3.8) is 0 Å². The summed E-state index contributed by atoms with van der Waals surface area (Å²) in [5.41, 5.74) is 2.63. The van der Waals surface area contributed by atoms with Gasteiger partial charge in [0.1, 0.15) is 5.75 Å². The van der Waals surface area contributed by atoms with Crippen LogP contribution in [0.3, 0.4) is 0 Å². The van der Waals surface area contributed by atoms with Gasteiger partial charge in [0.05, 0.1) is 7.11 Å². The van der Waals surface area contributed by atoms with Gasteiger partial charge in [0.15, 0.2) is 0 Å². The SMILES string of the molecule is CC.COc1c(C)cccc1C1CCNCC1. The molecule has 0 aromatic heterocycles. The Morgan fingerprint density at radius 3 is 2.41 bits per heavy atom. The molecule has 2 nitrogen and oxygen atoms in total. The molecule has 17 heavy (non-hydrogen) atoms. The summed E-state index contributed by atoms with van der Waals surface area (Å²) in [6.07, 6.45) is 2.44. The van der Waals surface area contributed by atoms with E-state index >= 15 is 0 Å². The quantitative estimate of drug-likeness (QED) is 0.847. The summed E-state index contributed by atoms with van der Waals surface area (Å²) in [4.78, 5) is 0. The van der Waals surface area contributed by atoms with Crippen LogP contribution in [0, 0.1) is 6.92 Å². The van der Waals surface area contributed by atoms with Gasteiger partial charge < -0.3 is 10.1 Å². The molecule has 2 rings (SSSR count). The Labute approximate surface area is 105 Å². The zero-order valence-electron chi connectivity index (χ0n) is 11.5. The van der Waals surface area contributed by atoms with Gasteiger partial charge in [-0.2, -0.15) is 0 Å². The van der Waals surface area contributed by atoms with Gasteiger partial charge in [-0.1, -0.05) is 32.0 Å². The van der Waals surface area contributed by atoms with Gasteiger partial charge in [0, 0.05) is 0 Å². The Morgan fingerprint density at radius 2 is 1.82 bits per heavy atom. The van der Waals surface area contributed by atoms with Crippen LogP contribution in [0.25, 0.3) is 0 Å². The lowest BCUT2D eigenvalue weighted by Gasteiger charge is -2.25. The number of benzene rings is 1. The molecule has 0 aliphatic carbocycles. The third-order valence-corrected chi connectivity index (χ3v) is 3.23. The van der Waals surface area contributed by atoms with Crippen molar-refractivity contribution in [2.75, 3.05) is 20.2 Å². The molecule has 1 aliphatic heterocycles. The first-order valence-electron chi connectivity index (χ1n) is 6.67. The van der Waals surface area contributed by atoms with Gasteiger partial charge in [0.25, 0.3) is 0 Å². The molecular formula is C15H25NO. The molecule has 0 atom stereocenters. The molecule has 96 valence electrons. The third-order valence-electron chi connectivity index (χ3n) is 3.23. The van der Waals surface area contributed by atoms with Gasteiger partial charge in [-0.3, -0.25) is 0 Å². The minimum Gasteiger partial charge on any atom is -0.496 e. The molecule has 0 unspecified atom stereocenters. The lowest BCUT2D eigenvalue weighted by molar-refractivity contribution is 0.389. The van der Waals surface area contributed by atoms with Crippen molar-refractivity contribution >= 4 is 0 Å². The van der Waals surface area contributed by atoms with Crippen LogP contribution in [0.5, 0.6) is 5.75 Å². The summed E-state index contributed by atoms with van der Waals surface area (Å²) >= 11 is 0. The molecule has 0 spiro atoms. The molecule has 0 bridgehead atoms. The second kappa shape index (κ2) is 7.33. The number of nitrogens with one attached hydrogen (secondary N) is 1. The highest BCUT2D eigenvalue weighted by atomic mass is 16.5. The fourth-order valence-electron chi connectivity index (χ4n) is 2.41. The maximum absolute atomic E-state index is 5.51. The predicted molar refractivity (Wildman–Crippen MR) is 73.9 cm³/mol. The maximum Gasteiger partial charge on any atom is 0.125 e. The van der Waals surface area contributed by atoms with Crippen molar-refractivity contribution in [2.45, 2.75) is 39.5 Å². The van der Waals surface area contributed by atoms with Crippen molar-refractivity contribution in [1.82, 2.24) is 5.32 Å². The van der Waals surface area contributed by atoms with Crippen LogP contribution in [-0.4, -0.2) is 20.2 Å². The second-order valence-electron chi connectivity index (χ2n) is 4.22. The molecule has 1 heterocycles. The van der Waals surface area contributed by atoms with Crippen LogP contribution < -0.4 is 10.1 Å². The lowest BCUT2D eigenvalue weighted by atomic mass is 9.88. The van der Waals surface area contributed by atoms with E-state index in [1.54, 1.807) is 7.11 Å². The largest absolute Gasteiger partial charge is 0.496 e. The molecule has 1 saturated heterocycles. The average Bonchev–Trinajstić information content (AvgIpc) is 2.42. The Kier molecular flexibility index (Phi) is 6.06. The van der Waals surface area contributed by atoms with Crippen molar-refractivity contribution in [3.05, 3.63) is 29.3 Å². The summed E-state index contributed by atoms with van der Waals surface area (Å²) in [7, 11) is 1.77. The van der Waals surface area contributed by atoms with Crippen molar-refractivity contribution < 1.29 is 4.74 Å². The second-order valence-corrected chi connectivity index (χ2v) is 4.22. The minimum atomic E-state index is 0.668. The number of ether oxygens (including phenoxy) is 1. The molecular weight excluding hydrogens is 210 g/mol. The smallest absolute Gasteiger partial charge is 0.125 e. The van der Waals surface area contributed by atoms with Crippen LogP contribution >= 0.6 is 0 Å². The van der Waals surface area contributed by atoms with Crippen molar-refractivity contribution in [2.24, 2.45) is 0 Å². The summed E-state index contributed by atoms with van der Waals surface area (Å²) in [5.74, 6) is 1.76. The number of para-hydroxylation sites is 1. The zero-order valence-corrected chi connectivity index (χ0v) is 11.5. The van der Waals surface area contributed by atoms with Gasteiger partial charge in [-0.05, 0) is 49.9 Å². The molecule has 1 aliphatic rings. The number of rotatable bonds is 2.